The number of nitrogens with one attached hydrogen (secondary N) is 1. The van der Waals surface area contributed by atoms with Gasteiger partial charge >= 0.3 is 6.18 Å². The Hall–Kier alpha value is -0.330. The van der Waals surface area contributed by atoms with Gasteiger partial charge in [-0.3, -0.25) is 4.90 Å². The molecule has 2 unspecified atom stereocenters. The van der Waals surface area contributed by atoms with Crippen LogP contribution in [0.4, 0.5) is 13.2 Å². The van der Waals surface area contributed by atoms with Gasteiger partial charge in [-0.25, -0.2) is 0 Å². The number of halogens is 3. The smallest absolute Gasteiger partial charge is 0.371 e. The minimum absolute atomic E-state index is 0.145. The Kier molecular flexibility index (Phi) is 6.38. The van der Waals surface area contributed by atoms with E-state index in [1.54, 1.807) is 0 Å². The second kappa shape index (κ2) is 7.31. The van der Waals surface area contributed by atoms with Crippen molar-refractivity contribution >= 4 is 0 Å². The largest absolute Gasteiger partial charge is 0.411 e. The minimum Gasteiger partial charge on any atom is -0.371 e. The maximum atomic E-state index is 11.9. The van der Waals surface area contributed by atoms with Crippen LogP contribution in [0.1, 0.15) is 26.7 Å². The molecule has 1 N–H and O–H groups in total. The summed E-state index contributed by atoms with van der Waals surface area (Å²) in [4.78, 5) is 2.24. The van der Waals surface area contributed by atoms with Crippen LogP contribution in [0, 0.1) is 0 Å². The van der Waals surface area contributed by atoms with E-state index in [2.05, 4.69) is 28.8 Å². The molecule has 0 aromatic carbocycles. The van der Waals surface area contributed by atoms with Crippen LogP contribution in [0.25, 0.3) is 0 Å². The molecule has 1 aliphatic rings. The summed E-state index contributed by atoms with van der Waals surface area (Å²) in [5.41, 5.74) is 0. The number of alkyl halides is 3. The molecule has 6 heteroatoms. The molecule has 0 saturated carbocycles. The molecule has 3 nitrogen and oxygen atoms in total. The third kappa shape index (κ3) is 5.54. The van der Waals surface area contributed by atoms with Crippen molar-refractivity contribution in [2.75, 3.05) is 32.8 Å². The molecule has 0 aliphatic carbocycles. The van der Waals surface area contributed by atoms with Gasteiger partial charge in [0.1, 0.15) is 6.61 Å². The van der Waals surface area contributed by atoms with Crippen LogP contribution < -0.4 is 5.32 Å². The lowest BCUT2D eigenvalue weighted by Crippen LogP contribution is -2.56. The maximum Gasteiger partial charge on any atom is 0.411 e. The zero-order valence-electron chi connectivity index (χ0n) is 11.1. The maximum absolute atomic E-state index is 11.9. The predicted octanol–water partition coefficient (Wildman–Crippen LogP) is 2.03. The van der Waals surface area contributed by atoms with Gasteiger partial charge in [0.2, 0.25) is 0 Å². The van der Waals surface area contributed by atoms with Gasteiger partial charge < -0.3 is 10.1 Å². The molecule has 1 saturated heterocycles. The second-order valence-electron chi connectivity index (χ2n) is 4.74. The predicted molar refractivity (Wildman–Crippen MR) is 64.6 cm³/mol. The Morgan fingerprint density at radius 1 is 1.28 bits per heavy atom. The number of nitrogens with zero attached hydrogens (tertiary/aromatic N) is 1. The average Bonchev–Trinajstić information content (AvgIpc) is 2.33. The number of hydrogen-bond acceptors (Lipinski definition) is 3. The van der Waals surface area contributed by atoms with Crippen LogP contribution in [-0.4, -0.2) is 56.0 Å². The molecule has 1 aliphatic heterocycles. The van der Waals surface area contributed by atoms with E-state index in [0.717, 1.165) is 25.9 Å². The third-order valence-corrected chi connectivity index (χ3v) is 3.37. The zero-order chi connectivity index (χ0) is 13.6. The molecule has 1 fully saturated rings. The van der Waals surface area contributed by atoms with Crippen molar-refractivity contribution in [3.8, 4) is 0 Å². The van der Waals surface area contributed by atoms with Gasteiger partial charge in [0.05, 0.1) is 6.61 Å². The van der Waals surface area contributed by atoms with Crippen LogP contribution >= 0.6 is 0 Å². The molecular weight excluding hydrogens is 245 g/mol. The SMILES string of the molecule is CCC1CN(CCOCC(F)(F)F)C(CC)CN1. The molecule has 0 spiro atoms. The van der Waals surface area contributed by atoms with Crippen LogP contribution in [0.2, 0.25) is 0 Å². The minimum atomic E-state index is -4.22. The monoisotopic (exact) mass is 268 g/mol. The van der Waals surface area contributed by atoms with Crippen molar-refractivity contribution in [3.05, 3.63) is 0 Å². The summed E-state index contributed by atoms with van der Waals surface area (Å²) < 4.78 is 40.5. The Morgan fingerprint density at radius 2 is 2.00 bits per heavy atom. The Labute approximate surface area is 107 Å². The summed E-state index contributed by atoms with van der Waals surface area (Å²) in [6.07, 6.45) is -2.18. The van der Waals surface area contributed by atoms with E-state index in [4.69, 9.17) is 0 Å². The van der Waals surface area contributed by atoms with Crippen LogP contribution in [0.3, 0.4) is 0 Å². The first kappa shape index (κ1) is 15.7. The summed E-state index contributed by atoms with van der Waals surface area (Å²) in [6.45, 7) is 5.59. The van der Waals surface area contributed by atoms with E-state index in [1.807, 2.05) is 0 Å². The van der Waals surface area contributed by atoms with Crippen LogP contribution in [0.15, 0.2) is 0 Å². The molecular formula is C12H23F3N2O. The lowest BCUT2D eigenvalue weighted by molar-refractivity contribution is -0.175. The first-order chi connectivity index (χ1) is 8.46. The molecule has 0 bridgehead atoms. The number of ether oxygens (including phenoxy) is 1. The van der Waals surface area contributed by atoms with Gasteiger partial charge in [-0.15, -0.1) is 0 Å². The standard InChI is InChI=1S/C12H23F3N2O/c1-3-10-8-17(11(4-2)7-16-10)5-6-18-9-12(13,14)15/h10-11,16H,3-9H2,1-2H3. The summed E-state index contributed by atoms with van der Waals surface area (Å²) in [5, 5.41) is 3.45. The molecule has 0 aromatic heterocycles. The summed E-state index contributed by atoms with van der Waals surface area (Å²) >= 11 is 0. The highest BCUT2D eigenvalue weighted by molar-refractivity contribution is 4.84. The fourth-order valence-electron chi connectivity index (χ4n) is 2.25. The van der Waals surface area contributed by atoms with Crippen molar-refractivity contribution in [3.63, 3.8) is 0 Å². The van der Waals surface area contributed by atoms with E-state index in [-0.39, 0.29) is 6.61 Å². The first-order valence-corrected chi connectivity index (χ1v) is 6.58. The molecule has 0 radical (unpaired) electrons. The molecule has 2 atom stereocenters. The van der Waals surface area contributed by atoms with Crippen molar-refractivity contribution in [2.45, 2.75) is 44.9 Å². The van der Waals surface area contributed by atoms with Crippen molar-refractivity contribution in [2.24, 2.45) is 0 Å². The molecule has 0 amide bonds. The van der Waals surface area contributed by atoms with E-state index in [9.17, 15) is 13.2 Å². The topological polar surface area (TPSA) is 24.5 Å². The Morgan fingerprint density at radius 3 is 2.56 bits per heavy atom. The fraction of sp³-hybridized carbons (Fsp3) is 1.00. The summed E-state index contributed by atoms with van der Waals surface area (Å²) in [5.74, 6) is 0. The van der Waals surface area contributed by atoms with E-state index in [0.29, 0.717) is 18.6 Å². The Balaban J connectivity index is 2.28. The van der Waals surface area contributed by atoms with Gasteiger partial charge in [-0.2, -0.15) is 13.2 Å². The van der Waals surface area contributed by atoms with Crippen LogP contribution in [-0.2, 0) is 4.74 Å². The number of hydrogen-bond donors (Lipinski definition) is 1. The van der Waals surface area contributed by atoms with Gasteiger partial charge in [-0.05, 0) is 12.8 Å². The van der Waals surface area contributed by atoms with E-state index >= 15 is 0 Å². The molecule has 18 heavy (non-hydrogen) atoms. The second-order valence-corrected chi connectivity index (χ2v) is 4.74. The molecule has 1 rings (SSSR count). The van der Waals surface area contributed by atoms with Crippen molar-refractivity contribution < 1.29 is 17.9 Å². The zero-order valence-corrected chi connectivity index (χ0v) is 11.1. The fourth-order valence-corrected chi connectivity index (χ4v) is 2.25. The van der Waals surface area contributed by atoms with Crippen LogP contribution in [0.5, 0.6) is 0 Å². The quantitative estimate of drug-likeness (QED) is 0.746. The summed E-state index contributed by atoms with van der Waals surface area (Å²) in [7, 11) is 0. The molecule has 0 aromatic rings. The summed E-state index contributed by atoms with van der Waals surface area (Å²) in [6, 6.07) is 0.845. The lowest BCUT2D eigenvalue weighted by Gasteiger charge is -2.39. The lowest BCUT2D eigenvalue weighted by atomic mass is 10.1. The van der Waals surface area contributed by atoms with Gasteiger partial charge in [-0.1, -0.05) is 13.8 Å². The van der Waals surface area contributed by atoms with Gasteiger partial charge in [0.25, 0.3) is 0 Å². The highest BCUT2D eigenvalue weighted by Gasteiger charge is 2.28. The normalized spacial score (nSPS) is 26.5. The highest BCUT2D eigenvalue weighted by atomic mass is 19.4. The van der Waals surface area contributed by atoms with Crippen molar-refractivity contribution in [1.29, 1.82) is 0 Å². The Bertz CT molecular complexity index is 236. The van der Waals surface area contributed by atoms with Gasteiger partial charge in [0, 0.05) is 31.7 Å². The first-order valence-electron chi connectivity index (χ1n) is 6.58. The average molecular weight is 268 g/mol. The van der Waals surface area contributed by atoms with E-state index in [1.165, 1.54) is 0 Å². The molecule has 108 valence electrons. The molecule has 1 heterocycles. The third-order valence-electron chi connectivity index (χ3n) is 3.37. The number of rotatable bonds is 6. The van der Waals surface area contributed by atoms with E-state index < -0.39 is 12.8 Å². The van der Waals surface area contributed by atoms with Gasteiger partial charge in [0.15, 0.2) is 0 Å². The highest BCUT2D eigenvalue weighted by Crippen LogP contribution is 2.15. The number of piperazine rings is 1. The van der Waals surface area contributed by atoms with Crippen molar-refractivity contribution in [1.82, 2.24) is 10.2 Å².